The Kier molecular flexibility index (Phi) is 4.83. The number of carbonyl (C=O) groups is 1. The van der Waals surface area contributed by atoms with Gasteiger partial charge in [0, 0.05) is 24.1 Å². The van der Waals surface area contributed by atoms with Gasteiger partial charge in [-0.1, -0.05) is 12.1 Å². The smallest absolute Gasteiger partial charge is 0.335 e. The summed E-state index contributed by atoms with van der Waals surface area (Å²) in [6.07, 6.45) is 3.77. The Morgan fingerprint density at radius 1 is 1.35 bits per heavy atom. The molecule has 0 radical (unpaired) electrons. The number of carboxylic acid groups (broad SMARTS) is 1. The van der Waals surface area contributed by atoms with Gasteiger partial charge in [-0.25, -0.2) is 14.8 Å². The summed E-state index contributed by atoms with van der Waals surface area (Å²) in [4.78, 5) is 19.4. The van der Waals surface area contributed by atoms with E-state index in [1.807, 2.05) is 6.07 Å². The van der Waals surface area contributed by atoms with Crippen LogP contribution in [0.25, 0.3) is 11.3 Å². The first kappa shape index (κ1) is 15.4. The summed E-state index contributed by atoms with van der Waals surface area (Å²) in [6.45, 7) is 2.67. The molecule has 1 atom stereocenters. The van der Waals surface area contributed by atoms with E-state index in [2.05, 4.69) is 15.3 Å². The van der Waals surface area contributed by atoms with Crippen molar-refractivity contribution in [2.24, 2.45) is 5.92 Å². The van der Waals surface area contributed by atoms with E-state index in [1.54, 1.807) is 24.3 Å². The van der Waals surface area contributed by atoms with Gasteiger partial charge in [0.25, 0.3) is 0 Å². The Morgan fingerprint density at radius 3 is 3.04 bits per heavy atom. The van der Waals surface area contributed by atoms with Crippen molar-refractivity contribution in [1.29, 1.82) is 0 Å². The number of hydrogen-bond donors (Lipinski definition) is 2. The minimum Gasteiger partial charge on any atom is -0.478 e. The van der Waals surface area contributed by atoms with Crippen LogP contribution < -0.4 is 10.1 Å². The fraction of sp³-hybridized carbons (Fsp3) is 0.353. The Labute approximate surface area is 134 Å². The van der Waals surface area contributed by atoms with Crippen LogP contribution in [0.3, 0.4) is 0 Å². The second kappa shape index (κ2) is 7.19. The average molecular weight is 313 g/mol. The number of carboxylic acids is 1. The van der Waals surface area contributed by atoms with Crippen molar-refractivity contribution < 1.29 is 14.6 Å². The van der Waals surface area contributed by atoms with Crippen LogP contribution in [0.2, 0.25) is 0 Å². The Morgan fingerprint density at radius 2 is 2.26 bits per heavy atom. The highest BCUT2D eigenvalue weighted by molar-refractivity contribution is 5.89. The molecule has 1 unspecified atom stereocenters. The van der Waals surface area contributed by atoms with Crippen LogP contribution in [-0.4, -0.2) is 40.7 Å². The second-order valence-electron chi connectivity index (χ2n) is 5.65. The molecule has 120 valence electrons. The maximum atomic E-state index is 11.1. The molecule has 23 heavy (non-hydrogen) atoms. The van der Waals surface area contributed by atoms with E-state index in [0.29, 0.717) is 24.1 Å². The van der Waals surface area contributed by atoms with Gasteiger partial charge in [0.2, 0.25) is 5.88 Å². The fourth-order valence-electron chi connectivity index (χ4n) is 2.66. The van der Waals surface area contributed by atoms with Crippen molar-refractivity contribution in [3.05, 3.63) is 42.2 Å². The van der Waals surface area contributed by atoms with Crippen molar-refractivity contribution in [2.75, 3.05) is 19.7 Å². The largest absolute Gasteiger partial charge is 0.478 e. The van der Waals surface area contributed by atoms with E-state index in [9.17, 15) is 4.79 Å². The van der Waals surface area contributed by atoms with Crippen LogP contribution in [0.4, 0.5) is 0 Å². The molecule has 2 aromatic rings. The maximum Gasteiger partial charge on any atom is 0.335 e. The molecule has 0 amide bonds. The van der Waals surface area contributed by atoms with E-state index in [1.165, 1.54) is 12.7 Å². The molecule has 1 aromatic carbocycles. The molecule has 6 heteroatoms. The van der Waals surface area contributed by atoms with Gasteiger partial charge in [-0.05, 0) is 31.5 Å². The molecule has 3 rings (SSSR count). The van der Waals surface area contributed by atoms with E-state index in [-0.39, 0.29) is 5.56 Å². The molecular formula is C17H19N3O3. The molecule has 1 aliphatic heterocycles. The normalized spacial score (nSPS) is 17.7. The summed E-state index contributed by atoms with van der Waals surface area (Å²) in [5, 5.41) is 12.4. The van der Waals surface area contributed by atoms with Crippen LogP contribution in [-0.2, 0) is 0 Å². The zero-order chi connectivity index (χ0) is 16.1. The molecule has 0 aliphatic carbocycles. The van der Waals surface area contributed by atoms with Crippen molar-refractivity contribution in [1.82, 2.24) is 15.3 Å². The van der Waals surface area contributed by atoms with Crippen LogP contribution in [0, 0.1) is 5.92 Å². The summed E-state index contributed by atoms with van der Waals surface area (Å²) in [5.41, 5.74) is 1.62. The SMILES string of the molecule is O=C(O)c1cccc(-c2cc(OCC3CCCNC3)ncn2)c1. The fourth-order valence-corrected chi connectivity index (χ4v) is 2.66. The van der Waals surface area contributed by atoms with Gasteiger partial charge in [-0.3, -0.25) is 0 Å². The molecule has 1 fully saturated rings. The third-order valence-corrected chi connectivity index (χ3v) is 3.91. The number of nitrogens with zero attached hydrogens (tertiary/aromatic N) is 2. The molecule has 0 bridgehead atoms. The average Bonchev–Trinajstić information content (AvgIpc) is 2.61. The van der Waals surface area contributed by atoms with Gasteiger partial charge >= 0.3 is 5.97 Å². The van der Waals surface area contributed by atoms with E-state index < -0.39 is 5.97 Å². The van der Waals surface area contributed by atoms with E-state index in [0.717, 1.165) is 25.1 Å². The summed E-state index contributed by atoms with van der Waals surface area (Å²) < 4.78 is 5.78. The lowest BCUT2D eigenvalue weighted by molar-refractivity contribution is 0.0697. The molecule has 2 heterocycles. The summed E-state index contributed by atoms with van der Waals surface area (Å²) in [5.74, 6) is 0.0565. The van der Waals surface area contributed by atoms with Gasteiger partial charge in [-0.2, -0.15) is 0 Å². The Bertz CT molecular complexity index is 684. The molecule has 1 saturated heterocycles. The molecule has 0 saturated carbocycles. The zero-order valence-corrected chi connectivity index (χ0v) is 12.7. The predicted molar refractivity (Wildman–Crippen MR) is 85.5 cm³/mol. The Balaban J connectivity index is 1.71. The molecule has 0 spiro atoms. The van der Waals surface area contributed by atoms with Crippen molar-refractivity contribution in [3.8, 4) is 17.1 Å². The third kappa shape index (κ3) is 4.04. The predicted octanol–water partition coefficient (Wildman–Crippen LogP) is 2.22. The van der Waals surface area contributed by atoms with Crippen LogP contribution in [0.5, 0.6) is 5.88 Å². The molecule has 1 aromatic heterocycles. The van der Waals surface area contributed by atoms with E-state index in [4.69, 9.17) is 9.84 Å². The van der Waals surface area contributed by atoms with Gasteiger partial charge in [0.1, 0.15) is 6.33 Å². The number of aromatic carboxylic acids is 1. The first-order valence-corrected chi connectivity index (χ1v) is 7.71. The maximum absolute atomic E-state index is 11.1. The topological polar surface area (TPSA) is 84.3 Å². The van der Waals surface area contributed by atoms with E-state index >= 15 is 0 Å². The molecule has 2 N–H and O–H groups in total. The monoisotopic (exact) mass is 313 g/mol. The van der Waals surface area contributed by atoms with Gasteiger partial charge in [-0.15, -0.1) is 0 Å². The highest BCUT2D eigenvalue weighted by Crippen LogP contribution is 2.21. The number of hydrogen-bond acceptors (Lipinski definition) is 5. The van der Waals surface area contributed by atoms with Gasteiger partial charge in [0.15, 0.2) is 0 Å². The van der Waals surface area contributed by atoms with Crippen molar-refractivity contribution in [2.45, 2.75) is 12.8 Å². The van der Waals surface area contributed by atoms with Crippen LogP contribution >= 0.6 is 0 Å². The van der Waals surface area contributed by atoms with Crippen LogP contribution in [0.1, 0.15) is 23.2 Å². The molecule has 1 aliphatic rings. The van der Waals surface area contributed by atoms with Crippen molar-refractivity contribution in [3.63, 3.8) is 0 Å². The summed E-state index contributed by atoms with van der Waals surface area (Å²) >= 11 is 0. The van der Waals surface area contributed by atoms with Gasteiger partial charge in [0.05, 0.1) is 17.9 Å². The number of nitrogens with one attached hydrogen (secondary N) is 1. The highest BCUT2D eigenvalue weighted by atomic mass is 16.5. The lowest BCUT2D eigenvalue weighted by atomic mass is 10.0. The summed E-state index contributed by atoms with van der Waals surface area (Å²) in [7, 11) is 0. The van der Waals surface area contributed by atoms with Crippen LogP contribution in [0.15, 0.2) is 36.7 Å². The second-order valence-corrected chi connectivity index (χ2v) is 5.65. The number of piperidine rings is 1. The number of rotatable bonds is 5. The third-order valence-electron chi connectivity index (χ3n) is 3.91. The number of aromatic nitrogens is 2. The van der Waals surface area contributed by atoms with Gasteiger partial charge < -0.3 is 15.2 Å². The Hall–Kier alpha value is -2.47. The molecule has 6 nitrogen and oxygen atoms in total. The molecular weight excluding hydrogens is 294 g/mol. The first-order valence-electron chi connectivity index (χ1n) is 7.71. The number of benzene rings is 1. The highest BCUT2D eigenvalue weighted by Gasteiger charge is 2.14. The summed E-state index contributed by atoms with van der Waals surface area (Å²) in [6, 6.07) is 8.43. The quantitative estimate of drug-likeness (QED) is 0.880. The lowest BCUT2D eigenvalue weighted by Crippen LogP contribution is -2.33. The minimum atomic E-state index is -0.956. The lowest BCUT2D eigenvalue weighted by Gasteiger charge is -2.22. The first-order chi connectivity index (χ1) is 11.2. The standard InChI is InChI=1S/C17H19N3O3/c21-17(22)14-5-1-4-13(7-14)15-8-16(20-11-19-15)23-10-12-3-2-6-18-9-12/h1,4-5,7-8,11-12,18H,2-3,6,9-10H2,(H,21,22). The number of ether oxygens (including phenoxy) is 1. The van der Waals surface area contributed by atoms with Crippen molar-refractivity contribution >= 4 is 5.97 Å². The zero-order valence-electron chi connectivity index (χ0n) is 12.7. The minimum absolute atomic E-state index is 0.233.